The predicted molar refractivity (Wildman–Crippen MR) is 108 cm³/mol. The van der Waals surface area contributed by atoms with Gasteiger partial charge < -0.3 is 15.3 Å². The van der Waals surface area contributed by atoms with Crippen LogP contribution in [0.15, 0.2) is 47.3 Å². The highest BCUT2D eigenvalue weighted by Crippen LogP contribution is 2.28. The average molecular weight is 395 g/mol. The monoisotopic (exact) mass is 395 g/mol. The first-order valence-electron chi connectivity index (χ1n) is 8.78. The maximum Gasteiger partial charge on any atom is 0.350 e. The van der Waals surface area contributed by atoms with E-state index in [0.29, 0.717) is 5.69 Å². The van der Waals surface area contributed by atoms with Gasteiger partial charge in [-0.2, -0.15) is 4.68 Å². The maximum absolute atomic E-state index is 12.7. The number of hydrogen-bond acceptors (Lipinski definition) is 5. The van der Waals surface area contributed by atoms with E-state index in [1.165, 1.54) is 30.1 Å². The molecule has 1 heterocycles. The van der Waals surface area contributed by atoms with Crippen LogP contribution in [0.3, 0.4) is 0 Å². The molecule has 0 bridgehead atoms. The van der Waals surface area contributed by atoms with Crippen molar-refractivity contribution in [2.45, 2.75) is 6.92 Å². The number of aromatic nitrogens is 3. The summed E-state index contributed by atoms with van der Waals surface area (Å²) in [6, 6.07) is 11.6. The number of aromatic hydroxyl groups is 1. The van der Waals surface area contributed by atoms with Gasteiger partial charge in [-0.3, -0.25) is 14.2 Å². The van der Waals surface area contributed by atoms with E-state index in [1.807, 2.05) is 13.0 Å². The summed E-state index contributed by atoms with van der Waals surface area (Å²) in [4.78, 5) is 38.7. The van der Waals surface area contributed by atoms with Crippen molar-refractivity contribution in [2.75, 3.05) is 19.4 Å². The fourth-order valence-corrected chi connectivity index (χ4v) is 2.80. The number of benzene rings is 2. The van der Waals surface area contributed by atoms with Crippen molar-refractivity contribution >= 4 is 17.5 Å². The molecule has 2 aromatic carbocycles. The summed E-state index contributed by atoms with van der Waals surface area (Å²) in [5.74, 6) is -1.60. The van der Waals surface area contributed by atoms with Crippen molar-refractivity contribution < 1.29 is 14.7 Å². The normalized spacial score (nSPS) is 10.6. The Labute approximate surface area is 166 Å². The van der Waals surface area contributed by atoms with Gasteiger partial charge in [-0.05, 0) is 36.8 Å². The molecule has 0 saturated heterocycles. The number of hydrogen-bond donors (Lipinski definition) is 2. The van der Waals surface area contributed by atoms with E-state index in [-0.39, 0.29) is 22.8 Å². The number of rotatable bonds is 4. The number of para-hydroxylation sites is 1. The number of nitrogens with zero attached hydrogens (tertiary/aromatic N) is 4. The van der Waals surface area contributed by atoms with E-state index in [0.717, 1.165) is 14.8 Å². The molecule has 9 heteroatoms. The average Bonchev–Trinajstić information content (AvgIpc) is 2.98. The molecule has 2 amide bonds. The predicted octanol–water partition coefficient (Wildman–Crippen LogP) is 1.54. The molecule has 0 atom stereocenters. The Balaban J connectivity index is 1.95. The number of phenolic OH excluding ortho intramolecular Hbond substituents is 1. The van der Waals surface area contributed by atoms with Crippen LogP contribution in [0.5, 0.6) is 5.75 Å². The lowest BCUT2D eigenvalue weighted by atomic mass is 10.1. The molecular formula is C20H21N5O4. The molecule has 150 valence electrons. The van der Waals surface area contributed by atoms with Gasteiger partial charge >= 0.3 is 5.69 Å². The zero-order chi connectivity index (χ0) is 21.3. The molecule has 0 radical (unpaired) electrons. The van der Waals surface area contributed by atoms with Gasteiger partial charge in [0, 0.05) is 21.1 Å². The lowest BCUT2D eigenvalue weighted by molar-refractivity contribution is 0.0824. The maximum atomic E-state index is 12.7. The molecule has 2 N–H and O–H groups in total. The van der Waals surface area contributed by atoms with Gasteiger partial charge in [0.05, 0.1) is 16.9 Å². The third kappa shape index (κ3) is 3.75. The van der Waals surface area contributed by atoms with Crippen LogP contribution in [0.4, 0.5) is 5.69 Å². The van der Waals surface area contributed by atoms with Crippen LogP contribution in [0, 0.1) is 6.92 Å². The zero-order valence-corrected chi connectivity index (χ0v) is 16.5. The second kappa shape index (κ2) is 7.63. The lowest BCUT2D eigenvalue weighted by Crippen LogP contribution is -2.24. The van der Waals surface area contributed by atoms with Crippen molar-refractivity contribution in [1.82, 2.24) is 19.2 Å². The number of phenols is 1. The molecule has 0 aliphatic rings. The van der Waals surface area contributed by atoms with Crippen LogP contribution in [0.25, 0.3) is 5.69 Å². The van der Waals surface area contributed by atoms with Crippen LogP contribution < -0.4 is 11.0 Å². The molecular weight excluding hydrogens is 374 g/mol. The van der Waals surface area contributed by atoms with Crippen LogP contribution in [-0.2, 0) is 7.05 Å². The van der Waals surface area contributed by atoms with E-state index in [9.17, 15) is 19.5 Å². The molecule has 0 aliphatic heterocycles. The topological polar surface area (TPSA) is 109 Å². The molecule has 29 heavy (non-hydrogen) atoms. The lowest BCUT2D eigenvalue weighted by Gasteiger charge is -2.14. The molecule has 0 unspecified atom stereocenters. The number of anilines is 1. The molecule has 9 nitrogen and oxygen atoms in total. The third-order valence-corrected chi connectivity index (χ3v) is 4.35. The van der Waals surface area contributed by atoms with Gasteiger partial charge in [-0.1, -0.05) is 18.2 Å². The first-order valence-corrected chi connectivity index (χ1v) is 8.78. The van der Waals surface area contributed by atoms with Gasteiger partial charge in [-0.15, -0.1) is 5.10 Å². The SMILES string of the molecule is Cc1cccc(-n2nc(C(=O)Nc3cccc(C(=O)N(C)C)c3O)n(C)c2=O)c1. The molecule has 3 rings (SSSR count). The highest BCUT2D eigenvalue weighted by atomic mass is 16.3. The Kier molecular flexibility index (Phi) is 5.22. The van der Waals surface area contributed by atoms with Crippen molar-refractivity contribution in [1.29, 1.82) is 0 Å². The van der Waals surface area contributed by atoms with Gasteiger partial charge in [-0.25, -0.2) is 4.79 Å². The number of aryl methyl sites for hydroxylation is 1. The standard InChI is InChI=1S/C20H21N5O4/c1-12-7-5-8-13(11-12)25-20(29)24(4)17(22-25)18(27)21-15-10-6-9-14(16(15)26)19(28)23(2)3/h5-11,26H,1-4H3,(H,21,27). The Morgan fingerprint density at radius 3 is 2.48 bits per heavy atom. The summed E-state index contributed by atoms with van der Waals surface area (Å²) in [7, 11) is 4.55. The quantitative estimate of drug-likeness (QED) is 0.651. The van der Waals surface area contributed by atoms with Gasteiger partial charge in [0.1, 0.15) is 0 Å². The highest BCUT2D eigenvalue weighted by molar-refractivity contribution is 6.05. The number of amides is 2. The molecule has 0 saturated carbocycles. The van der Waals surface area contributed by atoms with E-state index in [1.54, 1.807) is 32.3 Å². The summed E-state index contributed by atoms with van der Waals surface area (Å²) in [6.45, 7) is 1.88. The van der Waals surface area contributed by atoms with Crippen LogP contribution in [-0.4, -0.2) is 50.3 Å². The minimum atomic E-state index is -0.694. The Morgan fingerprint density at radius 2 is 1.83 bits per heavy atom. The molecule has 3 aromatic rings. The van der Waals surface area contributed by atoms with E-state index < -0.39 is 17.5 Å². The second-order valence-electron chi connectivity index (χ2n) is 6.77. The zero-order valence-electron chi connectivity index (χ0n) is 16.5. The van der Waals surface area contributed by atoms with Crippen molar-refractivity contribution in [2.24, 2.45) is 7.05 Å². The summed E-state index contributed by atoms with van der Waals surface area (Å²) in [5.41, 5.74) is 1.08. The minimum absolute atomic E-state index is 0.0419. The highest BCUT2D eigenvalue weighted by Gasteiger charge is 2.21. The number of carbonyl (C=O) groups excluding carboxylic acids is 2. The van der Waals surface area contributed by atoms with E-state index in [2.05, 4.69) is 10.4 Å². The fraction of sp³-hybridized carbons (Fsp3) is 0.200. The minimum Gasteiger partial charge on any atom is -0.505 e. The molecule has 0 aliphatic carbocycles. The summed E-state index contributed by atoms with van der Waals surface area (Å²) >= 11 is 0. The first-order chi connectivity index (χ1) is 13.7. The molecule has 0 fully saturated rings. The smallest absolute Gasteiger partial charge is 0.350 e. The first kappa shape index (κ1) is 19.9. The van der Waals surface area contributed by atoms with Crippen LogP contribution >= 0.6 is 0 Å². The second-order valence-corrected chi connectivity index (χ2v) is 6.77. The van der Waals surface area contributed by atoms with Gasteiger partial charge in [0.2, 0.25) is 5.82 Å². The van der Waals surface area contributed by atoms with Crippen LogP contribution in [0.2, 0.25) is 0 Å². The fourth-order valence-electron chi connectivity index (χ4n) is 2.80. The number of carbonyl (C=O) groups is 2. The molecule has 0 spiro atoms. The van der Waals surface area contributed by atoms with E-state index >= 15 is 0 Å². The summed E-state index contributed by atoms with van der Waals surface area (Å²) < 4.78 is 2.25. The molecule has 1 aromatic heterocycles. The van der Waals surface area contributed by atoms with E-state index in [4.69, 9.17) is 0 Å². The third-order valence-electron chi connectivity index (χ3n) is 4.35. The summed E-state index contributed by atoms with van der Waals surface area (Å²) in [6.07, 6.45) is 0. The van der Waals surface area contributed by atoms with Crippen molar-refractivity contribution in [3.63, 3.8) is 0 Å². The summed E-state index contributed by atoms with van der Waals surface area (Å²) in [5, 5.41) is 17.0. The van der Waals surface area contributed by atoms with Crippen LogP contribution in [0.1, 0.15) is 26.5 Å². The van der Waals surface area contributed by atoms with Gasteiger partial charge in [0.25, 0.3) is 11.8 Å². The van der Waals surface area contributed by atoms with Crippen molar-refractivity contribution in [3.8, 4) is 11.4 Å². The Morgan fingerprint density at radius 1 is 1.14 bits per heavy atom. The van der Waals surface area contributed by atoms with Gasteiger partial charge in [0.15, 0.2) is 5.75 Å². The van der Waals surface area contributed by atoms with Crippen molar-refractivity contribution in [3.05, 3.63) is 69.9 Å². The largest absolute Gasteiger partial charge is 0.505 e. The number of nitrogens with one attached hydrogen (secondary N) is 1. The Bertz CT molecular complexity index is 1160. The Hall–Kier alpha value is -3.88.